The third-order valence-corrected chi connectivity index (χ3v) is 5.21. The van der Waals surface area contributed by atoms with Gasteiger partial charge >= 0.3 is 0 Å². The van der Waals surface area contributed by atoms with E-state index in [0.717, 1.165) is 40.0 Å². The van der Waals surface area contributed by atoms with Crippen LogP contribution in [0.5, 0.6) is 11.5 Å². The molecule has 0 unspecified atom stereocenters. The molecule has 0 saturated carbocycles. The molecule has 2 aromatic carbocycles. The van der Waals surface area contributed by atoms with Crippen molar-refractivity contribution in [3.8, 4) is 22.8 Å². The molecule has 1 N–H and O–H groups in total. The summed E-state index contributed by atoms with van der Waals surface area (Å²) in [6, 6.07) is 12.5. The Morgan fingerprint density at radius 1 is 1.19 bits per heavy atom. The molecule has 0 fully saturated rings. The summed E-state index contributed by atoms with van der Waals surface area (Å²) in [5.41, 5.74) is 5.24. The molecule has 4 nitrogen and oxygen atoms in total. The van der Waals surface area contributed by atoms with Crippen LogP contribution in [0.15, 0.2) is 41.8 Å². The van der Waals surface area contributed by atoms with Crippen LogP contribution in [0, 0.1) is 6.92 Å². The number of ether oxygens (including phenoxy) is 2. The first-order chi connectivity index (χ1) is 12.4. The van der Waals surface area contributed by atoms with Crippen molar-refractivity contribution in [2.75, 3.05) is 12.4 Å². The summed E-state index contributed by atoms with van der Waals surface area (Å²) in [6.07, 6.45) is 0.866. The van der Waals surface area contributed by atoms with Crippen molar-refractivity contribution >= 4 is 22.2 Å². The number of anilines is 2. The number of aryl methyl sites for hydroxylation is 1. The van der Waals surface area contributed by atoms with E-state index in [4.69, 9.17) is 14.5 Å². The van der Waals surface area contributed by atoms with Crippen molar-refractivity contribution in [2.45, 2.75) is 32.8 Å². The fraction of sp³-hybridized carbons (Fsp3) is 0.286. The van der Waals surface area contributed by atoms with Gasteiger partial charge in [-0.05, 0) is 45.0 Å². The van der Waals surface area contributed by atoms with Crippen LogP contribution in [0.1, 0.15) is 25.0 Å². The summed E-state index contributed by atoms with van der Waals surface area (Å²) in [6.45, 7) is 6.27. The van der Waals surface area contributed by atoms with E-state index in [-0.39, 0.29) is 5.60 Å². The topological polar surface area (TPSA) is 43.4 Å². The fourth-order valence-corrected chi connectivity index (χ4v) is 3.94. The monoisotopic (exact) mass is 366 g/mol. The predicted octanol–water partition coefficient (Wildman–Crippen LogP) is 5.58. The molecule has 5 heteroatoms. The van der Waals surface area contributed by atoms with Gasteiger partial charge in [0.1, 0.15) is 5.60 Å². The van der Waals surface area contributed by atoms with E-state index in [1.165, 1.54) is 11.1 Å². The smallest absolute Gasteiger partial charge is 0.187 e. The third kappa shape index (κ3) is 3.27. The average molecular weight is 366 g/mol. The van der Waals surface area contributed by atoms with Crippen molar-refractivity contribution in [3.63, 3.8) is 0 Å². The lowest BCUT2D eigenvalue weighted by atomic mass is 9.99. The van der Waals surface area contributed by atoms with E-state index in [2.05, 4.69) is 61.8 Å². The molecule has 3 aromatic rings. The van der Waals surface area contributed by atoms with Crippen LogP contribution >= 0.6 is 11.3 Å². The Morgan fingerprint density at radius 2 is 1.96 bits per heavy atom. The SMILES string of the molecule is COc1cc(-c2csc(Nc3ccc(C)cc3)n2)cc2c1OC(C)(C)C2. The first kappa shape index (κ1) is 16.9. The second kappa shape index (κ2) is 6.32. The summed E-state index contributed by atoms with van der Waals surface area (Å²) >= 11 is 1.60. The normalized spacial score (nSPS) is 14.6. The van der Waals surface area contributed by atoms with Crippen LogP contribution in [-0.2, 0) is 6.42 Å². The Morgan fingerprint density at radius 3 is 2.69 bits per heavy atom. The van der Waals surface area contributed by atoms with E-state index < -0.39 is 0 Å². The Labute approximate surface area is 157 Å². The Balaban J connectivity index is 1.63. The van der Waals surface area contributed by atoms with E-state index in [1.807, 2.05) is 6.07 Å². The summed E-state index contributed by atoms with van der Waals surface area (Å²) in [4.78, 5) is 4.75. The lowest BCUT2D eigenvalue weighted by Gasteiger charge is -2.17. The maximum absolute atomic E-state index is 6.05. The van der Waals surface area contributed by atoms with Gasteiger partial charge in [0, 0.05) is 28.6 Å². The number of nitrogens with one attached hydrogen (secondary N) is 1. The number of aromatic nitrogens is 1. The molecule has 1 aromatic heterocycles. The maximum atomic E-state index is 6.05. The molecule has 1 aliphatic heterocycles. The Bertz CT molecular complexity index is 945. The summed E-state index contributed by atoms with van der Waals surface area (Å²) < 4.78 is 11.6. The summed E-state index contributed by atoms with van der Waals surface area (Å²) in [5, 5.41) is 6.31. The van der Waals surface area contributed by atoms with Gasteiger partial charge in [-0.1, -0.05) is 17.7 Å². The highest BCUT2D eigenvalue weighted by Gasteiger charge is 2.33. The molecule has 0 amide bonds. The average Bonchev–Trinajstić information content (AvgIpc) is 3.18. The van der Waals surface area contributed by atoms with Crippen LogP contribution < -0.4 is 14.8 Å². The molecule has 0 spiro atoms. The first-order valence-corrected chi connectivity index (χ1v) is 9.51. The van der Waals surface area contributed by atoms with Crippen LogP contribution in [0.25, 0.3) is 11.3 Å². The summed E-state index contributed by atoms with van der Waals surface area (Å²) in [7, 11) is 1.68. The number of benzene rings is 2. The first-order valence-electron chi connectivity index (χ1n) is 8.63. The molecule has 0 saturated heterocycles. The summed E-state index contributed by atoms with van der Waals surface area (Å²) in [5.74, 6) is 1.62. The van der Waals surface area contributed by atoms with E-state index in [1.54, 1.807) is 18.4 Å². The highest BCUT2D eigenvalue weighted by atomic mass is 32.1. The standard InChI is InChI=1S/C21H22N2O2S/c1-13-5-7-16(8-6-13)22-20-23-17(12-26-20)14-9-15-11-21(2,3)25-19(15)18(10-14)24-4/h5-10,12H,11H2,1-4H3,(H,22,23). The molecule has 26 heavy (non-hydrogen) atoms. The lowest BCUT2D eigenvalue weighted by Crippen LogP contribution is -2.24. The van der Waals surface area contributed by atoms with Gasteiger partial charge in [-0.15, -0.1) is 11.3 Å². The largest absolute Gasteiger partial charge is 0.493 e. The molecule has 0 aliphatic carbocycles. The molecule has 0 bridgehead atoms. The maximum Gasteiger partial charge on any atom is 0.187 e. The minimum Gasteiger partial charge on any atom is -0.493 e. The van der Waals surface area contributed by atoms with E-state index >= 15 is 0 Å². The molecule has 1 aliphatic rings. The van der Waals surface area contributed by atoms with Crippen molar-refractivity contribution in [1.82, 2.24) is 4.98 Å². The zero-order valence-electron chi connectivity index (χ0n) is 15.4. The number of hydrogen-bond donors (Lipinski definition) is 1. The van der Waals surface area contributed by atoms with Crippen LogP contribution in [-0.4, -0.2) is 17.7 Å². The molecule has 0 atom stereocenters. The van der Waals surface area contributed by atoms with Crippen molar-refractivity contribution in [3.05, 3.63) is 52.9 Å². The van der Waals surface area contributed by atoms with Gasteiger partial charge in [-0.2, -0.15) is 0 Å². The number of hydrogen-bond acceptors (Lipinski definition) is 5. The zero-order chi connectivity index (χ0) is 18.3. The van der Waals surface area contributed by atoms with Gasteiger partial charge in [0.2, 0.25) is 0 Å². The third-order valence-electron chi connectivity index (χ3n) is 4.45. The van der Waals surface area contributed by atoms with Crippen molar-refractivity contribution in [1.29, 1.82) is 0 Å². The quantitative estimate of drug-likeness (QED) is 0.654. The van der Waals surface area contributed by atoms with Gasteiger partial charge in [0.05, 0.1) is 12.8 Å². The van der Waals surface area contributed by atoms with Crippen molar-refractivity contribution < 1.29 is 9.47 Å². The zero-order valence-corrected chi connectivity index (χ0v) is 16.2. The van der Waals surface area contributed by atoms with Crippen LogP contribution in [0.3, 0.4) is 0 Å². The number of thiazole rings is 1. The van der Waals surface area contributed by atoms with Crippen molar-refractivity contribution in [2.24, 2.45) is 0 Å². The van der Waals surface area contributed by atoms with Crippen LogP contribution in [0.4, 0.5) is 10.8 Å². The van der Waals surface area contributed by atoms with E-state index in [9.17, 15) is 0 Å². The minimum absolute atomic E-state index is 0.200. The number of fused-ring (bicyclic) bond motifs is 1. The highest BCUT2D eigenvalue weighted by molar-refractivity contribution is 7.14. The second-order valence-corrected chi connectivity index (χ2v) is 8.09. The Hall–Kier alpha value is -2.53. The van der Waals surface area contributed by atoms with Crippen LogP contribution in [0.2, 0.25) is 0 Å². The molecule has 4 rings (SSSR count). The van der Waals surface area contributed by atoms with Gasteiger partial charge in [-0.3, -0.25) is 0 Å². The highest BCUT2D eigenvalue weighted by Crippen LogP contribution is 2.44. The predicted molar refractivity (Wildman–Crippen MR) is 107 cm³/mol. The molecular formula is C21H22N2O2S. The Kier molecular flexibility index (Phi) is 4.11. The van der Waals surface area contributed by atoms with E-state index in [0.29, 0.717) is 0 Å². The lowest BCUT2D eigenvalue weighted by molar-refractivity contribution is 0.134. The van der Waals surface area contributed by atoms with Gasteiger partial charge in [0.15, 0.2) is 16.6 Å². The fourth-order valence-electron chi connectivity index (χ4n) is 3.20. The molecule has 134 valence electrons. The molecule has 2 heterocycles. The van der Waals surface area contributed by atoms with Gasteiger partial charge in [-0.25, -0.2) is 4.98 Å². The van der Waals surface area contributed by atoms with Gasteiger partial charge < -0.3 is 14.8 Å². The molecular weight excluding hydrogens is 344 g/mol. The number of nitrogens with zero attached hydrogens (tertiary/aromatic N) is 1. The number of rotatable bonds is 4. The van der Waals surface area contributed by atoms with Gasteiger partial charge in [0.25, 0.3) is 0 Å². The molecule has 0 radical (unpaired) electrons. The number of methoxy groups -OCH3 is 1. The minimum atomic E-state index is -0.200. The second-order valence-electron chi connectivity index (χ2n) is 7.23.